The number of nitrogen functional groups attached to an aromatic ring is 1. The van der Waals surface area contributed by atoms with Gasteiger partial charge in [0.15, 0.2) is 5.82 Å². The SMILES string of the molecule is CC1CCC(CNC(=O)c2cnc(NN)cn2)C1. The summed E-state index contributed by atoms with van der Waals surface area (Å²) < 4.78 is 0. The molecule has 0 radical (unpaired) electrons. The summed E-state index contributed by atoms with van der Waals surface area (Å²) in [5, 5.41) is 2.91. The van der Waals surface area contributed by atoms with Gasteiger partial charge in [0.2, 0.25) is 0 Å². The fourth-order valence-corrected chi connectivity index (χ4v) is 2.36. The van der Waals surface area contributed by atoms with Gasteiger partial charge in [-0.05, 0) is 24.7 Å². The van der Waals surface area contributed by atoms with Crippen molar-refractivity contribution in [2.45, 2.75) is 26.2 Å². The van der Waals surface area contributed by atoms with Crippen LogP contribution in [-0.4, -0.2) is 22.4 Å². The summed E-state index contributed by atoms with van der Waals surface area (Å²) in [6.45, 7) is 2.98. The highest BCUT2D eigenvalue weighted by Crippen LogP contribution is 2.29. The normalized spacial score (nSPS) is 22.8. The Hall–Kier alpha value is -1.69. The van der Waals surface area contributed by atoms with Crippen LogP contribution in [0.4, 0.5) is 5.82 Å². The second kappa shape index (κ2) is 5.77. The molecule has 1 fully saturated rings. The Labute approximate surface area is 106 Å². The molecule has 2 atom stereocenters. The molecule has 4 N–H and O–H groups in total. The highest BCUT2D eigenvalue weighted by atomic mass is 16.1. The molecule has 1 amide bonds. The first-order chi connectivity index (χ1) is 8.69. The van der Waals surface area contributed by atoms with Gasteiger partial charge in [-0.3, -0.25) is 4.79 Å². The van der Waals surface area contributed by atoms with Crippen molar-refractivity contribution in [3.05, 3.63) is 18.1 Å². The van der Waals surface area contributed by atoms with Crippen LogP contribution in [-0.2, 0) is 0 Å². The highest BCUT2D eigenvalue weighted by Gasteiger charge is 2.21. The maximum absolute atomic E-state index is 11.8. The first-order valence-electron chi connectivity index (χ1n) is 6.26. The minimum absolute atomic E-state index is 0.175. The summed E-state index contributed by atoms with van der Waals surface area (Å²) in [7, 11) is 0. The second-order valence-corrected chi connectivity index (χ2v) is 4.93. The second-order valence-electron chi connectivity index (χ2n) is 4.93. The predicted molar refractivity (Wildman–Crippen MR) is 68.7 cm³/mol. The number of nitrogens with zero attached hydrogens (tertiary/aromatic N) is 2. The van der Waals surface area contributed by atoms with Crippen molar-refractivity contribution in [2.24, 2.45) is 17.7 Å². The molecule has 0 spiro atoms. The third kappa shape index (κ3) is 3.16. The Balaban J connectivity index is 1.83. The van der Waals surface area contributed by atoms with E-state index < -0.39 is 0 Å². The van der Waals surface area contributed by atoms with Gasteiger partial charge in [0.05, 0.1) is 12.4 Å². The Morgan fingerprint density at radius 2 is 2.28 bits per heavy atom. The zero-order valence-corrected chi connectivity index (χ0v) is 10.5. The van der Waals surface area contributed by atoms with Crippen LogP contribution in [0.2, 0.25) is 0 Å². The van der Waals surface area contributed by atoms with E-state index in [1.807, 2.05) is 0 Å². The van der Waals surface area contributed by atoms with Gasteiger partial charge < -0.3 is 10.7 Å². The summed E-state index contributed by atoms with van der Waals surface area (Å²) >= 11 is 0. The first kappa shape index (κ1) is 12.8. The molecule has 1 aromatic heterocycles. The van der Waals surface area contributed by atoms with Gasteiger partial charge in [-0.25, -0.2) is 15.8 Å². The minimum atomic E-state index is -0.175. The monoisotopic (exact) mass is 249 g/mol. The predicted octanol–water partition coefficient (Wildman–Crippen LogP) is 0.928. The van der Waals surface area contributed by atoms with E-state index in [0.29, 0.717) is 17.4 Å². The largest absolute Gasteiger partial charge is 0.350 e. The Morgan fingerprint density at radius 3 is 2.83 bits per heavy atom. The maximum atomic E-state index is 11.8. The lowest BCUT2D eigenvalue weighted by Crippen LogP contribution is -2.29. The van der Waals surface area contributed by atoms with Gasteiger partial charge in [-0.1, -0.05) is 13.3 Å². The van der Waals surface area contributed by atoms with E-state index in [1.54, 1.807) is 0 Å². The Bertz CT molecular complexity index is 405. The van der Waals surface area contributed by atoms with Crippen molar-refractivity contribution in [3.63, 3.8) is 0 Å². The van der Waals surface area contributed by atoms with Crippen LogP contribution in [0.1, 0.15) is 36.7 Å². The van der Waals surface area contributed by atoms with Crippen LogP contribution >= 0.6 is 0 Å². The van der Waals surface area contributed by atoms with Crippen LogP contribution in [0.3, 0.4) is 0 Å². The Morgan fingerprint density at radius 1 is 1.44 bits per heavy atom. The fourth-order valence-electron chi connectivity index (χ4n) is 2.36. The average Bonchev–Trinajstić information content (AvgIpc) is 2.82. The van der Waals surface area contributed by atoms with Crippen molar-refractivity contribution in [2.75, 3.05) is 12.0 Å². The van der Waals surface area contributed by atoms with Crippen molar-refractivity contribution in [1.82, 2.24) is 15.3 Å². The molecule has 0 saturated heterocycles. The number of hydrogen-bond acceptors (Lipinski definition) is 5. The highest BCUT2D eigenvalue weighted by molar-refractivity contribution is 5.91. The standard InChI is InChI=1S/C12H19N5O/c1-8-2-3-9(4-8)5-16-12(18)10-6-15-11(17-13)7-14-10/h6-9H,2-5,13H2,1H3,(H,15,17)(H,16,18). The zero-order valence-electron chi connectivity index (χ0n) is 10.5. The summed E-state index contributed by atoms with van der Waals surface area (Å²) in [5.74, 6) is 6.82. The van der Waals surface area contributed by atoms with E-state index in [9.17, 15) is 4.79 Å². The van der Waals surface area contributed by atoms with Crippen LogP contribution in [0.25, 0.3) is 0 Å². The minimum Gasteiger partial charge on any atom is -0.350 e. The lowest BCUT2D eigenvalue weighted by molar-refractivity contribution is 0.0941. The van der Waals surface area contributed by atoms with Gasteiger partial charge in [-0.15, -0.1) is 0 Å². The number of amides is 1. The van der Waals surface area contributed by atoms with Crippen LogP contribution in [0.15, 0.2) is 12.4 Å². The lowest BCUT2D eigenvalue weighted by Gasteiger charge is -2.10. The molecule has 1 aromatic rings. The van der Waals surface area contributed by atoms with Crippen molar-refractivity contribution < 1.29 is 4.79 Å². The number of hydrogen-bond donors (Lipinski definition) is 3. The molecule has 1 aliphatic rings. The summed E-state index contributed by atoms with van der Waals surface area (Å²) in [5.41, 5.74) is 2.69. The van der Waals surface area contributed by atoms with Crippen LogP contribution in [0.5, 0.6) is 0 Å². The van der Waals surface area contributed by atoms with Crippen molar-refractivity contribution in [1.29, 1.82) is 0 Å². The van der Waals surface area contributed by atoms with E-state index in [4.69, 9.17) is 5.84 Å². The molecular weight excluding hydrogens is 230 g/mol. The number of carbonyl (C=O) groups is 1. The van der Waals surface area contributed by atoms with Gasteiger partial charge in [0, 0.05) is 6.54 Å². The number of anilines is 1. The molecule has 98 valence electrons. The van der Waals surface area contributed by atoms with E-state index in [-0.39, 0.29) is 5.91 Å². The van der Waals surface area contributed by atoms with Gasteiger partial charge in [0.25, 0.3) is 5.91 Å². The fraction of sp³-hybridized carbons (Fsp3) is 0.583. The van der Waals surface area contributed by atoms with Crippen molar-refractivity contribution in [3.8, 4) is 0 Å². The van der Waals surface area contributed by atoms with Gasteiger partial charge in [0.1, 0.15) is 5.69 Å². The van der Waals surface area contributed by atoms with E-state index in [1.165, 1.54) is 31.7 Å². The van der Waals surface area contributed by atoms with E-state index in [0.717, 1.165) is 12.5 Å². The molecule has 18 heavy (non-hydrogen) atoms. The van der Waals surface area contributed by atoms with Gasteiger partial charge in [-0.2, -0.15) is 0 Å². The van der Waals surface area contributed by atoms with Crippen molar-refractivity contribution >= 4 is 11.7 Å². The molecule has 2 unspecified atom stereocenters. The Kier molecular flexibility index (Phi) is 4.09. The van der Waals surface area contributed by atoms with Crippen LogP contribution < -0.4 is 16.6 Å². The summed E-state index contributed by atoms with van der Waals surface area (Å²) in [4.78, 5) is 19.8. The number of aromatic nitrogens is 2. The molecule has 1 saturated carbocycles. The quantitative estimate of drug-likeness (QED) is 0.545. The smallest absolute Gasteiger partial charge is 0.271 e. The number of rotatable bonds is 4. The molecule has 1 aliphatic carbocycles. The number of carbonyl (C=O) groups excluding carboxylic acids is 1. The summed E-state index contributed by atoms with van der Waals surface area (Å²) in [6.07, 6.45) is 6.51. The van der Waals surface area contributed by atoms with Crippen LogP contribution in [0, 0.1) is 11.8 Å². The topological polar surface area (TPSA) is 92.9 Å². The molecular formula is C12H19N5O. The summed E-state index contributed by atoms with van der Waals surface area (Å²) in [6, 6.07) is 0. The molecule has 0 bridgehead atoms. The third-order valence-electron chi connectivity index (χ3n) is 3.39. The number of nitrogens with two attached hydrogens (primary N) is 1. The molecule has 0 aromatic carbocycles. The molecule has 6 nitrogen and oxygen atoms in total. The van der Waals surface area contributed by atoms with Gasteiger partial charge >= 0.3 is 0 Å². The third-order valence-corrected chi connectivity index (χ3v) is 3.39. The lowest BCUT2D eigenvalue weighted by atomic mass is 10.1. The molecule has 1 heterocycles. The van der Waals surface area contributed by atoms with E-state index >= 15 is 0 Å². The maximum Gasteiger partial charge on any atom is 0.271 e. The average molecular weight is 249 g/mol. The molecule has 0 aliphatic heterocycles. The zero-order chi connectivity index (χ0) is 13.0. The van der Waals surface area contributed by atoms with E-state index in [2.05, 4.69) is 27.6 Å². The molecule has 2 rings (SSSR count). The number of hydrazine groups is 1. The molecule has 6 heteroatoms. The number of nitrogens with one attached hydrogen (secondary N) is 2. The first-order valence-corrected chi connectivity index (χ1v) is 6.26.